The zero-order valence-corrected chi connectivity index (χ0v) is 18.3. The molecule has 1 amide bonds. The van der Waals surface area contributed by atoms with E-state index in [4.69, 9.17) is 11.5 Å². The first-order valence-corrected chi connectivity index (χ1v) is 10.2. The molecule has 2 aromatic rings. The molecule has 0 spiro atoms. The number of amides is 1. The normalized spacial score (nSPS) is 15.2. The second-order valence-electron chi connectivity index (χ2n) is 7.95. The van der Waals surface area contributed by atoms with Crippen molar-refractivity contribution < 1.29 is 18.0 Å². The van der Waals surface area contributed by atoms with Crippen LogP contribution in [0.5, 0.6) is 0 Å². The molecule has 0 fully saturated rings. The molecule has 2 heterocycles. The number of benzene rings is 1. The van der Waals surface area contributed by atoms with Gasteiger partial charge in [-0.3, -0.25) is 9.48 Å². The van der Waals surface area contributed by atoms with Gasteiger partial charge in [-0.2, -0.15) is 18.3 Å². The van der Waals surface area contributed by atoms with Gasteiger partial charge in [-0.1, -0.05) is 24.8 Å². The van der Waals surface area contributed by atoms with E-state index in [0.29, 0.717) is 41.7 Å². The summed E-state index contributed by atoms with van der Waals surface area (Å²) in [5.74, 6) is -0.256. The van der Waals surface area contributed by atoms with Crippen LogP contribution in [0.25, 0.3) is 11.1 Å². The summed E-state index contributed by atoms with van der Waals surface area (Å²) in [4.78, 5) is 14.9. The summed E-state index contributed by atoms with van der Waals surface area (Å²) >= 11 is 0. The van der Waals surface area contributed by atoms with Gasteiger partial charge in [-0.15, -0.1) is 0 Å². The summed E-state index contributed by atoms with van der Waals surface area (Å²) < 4.78 is 42.1. The van der Waals surface area contributed by atoms with Crippen molar-refractivity contribution >= 4 is 13.2 Å². The molecule has 6 nitrogen and oxygen atoms in total. The molecule has 169 valence electrons. The third kappa shape index (κ3) is 4.84. The second kappa shape index (κ2) is 9.14. The molecule has 1 aliphatic heterocycles. The highest BCUT2D eigenvalue weighted by molar-refractivity contribution is 6.33. The highest BCUT2D eigenvalue weighted by Crippen LogP contribution is 2.39. The van der Waals surface area contributed by atoms with Gasteiger partial charge in [0.05, 0.1) is 6.54 Å². The molecular formula is C22H26BF3N5O. The molecular weight excluding hydrogens is 418 g/mol. The average Bonchev–Trinajstić information content (AvgIpc) is 3.12. The largest absolute Gasteiger partial charge is 0.435 e. The molecule has 0 saturated carbocycles. The number of fused-ring (bicyclic) bond motifs is 1. The van der Waals surface area contributed by atoms with Crippen LogP contribution in [0.3, 0.4) is 0 Å². The Morgan fingerprint density at radius 1 is 1.28 bits per heavy atom. The van der Waals surface area contributed by atoms with Crippen molar-refractivity contribution in [2.75, 3.05) is 13.1 Å². The van der Waals surface area contributed by atoms with Crippen molar-refractivity contribution in [3.05, 3.63) is 64.3 Å². The first-order valence-electron chi connectivity index (χ1n) is 10.2. The number of carbonyl (C=O) groups excluding carboxylic acids is 1. The van der Waals surface area contributed by atoms with Crippen molar-refractivity contribution in [3.8, 4) is 11.1 Å². The van der Waals surface area contributed by atoms with Crippen LogP contribution in [0, 0.1) is 0 Å². The molecule has 0 bridgehead atoms. The summed E-state index contributed by atoms with van der Waals surface area (Å²) in [5, 5.41) is 3.64. The summed E-state index contributed by atoms with van der Waals surface area (Å²) in [5.41, 5.74) is 14.0. The van der Waals surface area contributed by atoms with Gasteiger partial charge in [0.15, 0.2) is 5.69 Å². The quantitative estimate of drug-likeness (QED) is 0.530. The van der Waals surface area contributed by atoms with E-state index in [1.807, 2.05) is 14.1 Å². The maximum Gasteiger partial charge on any atom is 0.435 e. The first kappa shape index (κ1) is 23.5. The van der Waals surface area contributed by atoms with E-state index in [0.717, 1.165) is 15.8 Å². The maximum atomic E-state index is 13.7. The number of aryl methyl sites for hydroxylation is 1. The molecule has 3 rings (SSSR count). The molecule has 1 aromatic heterocycles. The number of rotatable bonds is 6. The lowest BCUT2D eigenvalue weighted by Gasteiger charge is -2.30. The van der Waals surface area contributed by atoms with Crippen LogP contribution in [-0.4, -0.2) is 41.0 Å². The van der Waals surface area contributed by atoms with Crippen molar-refractivity contribution in [1.29, 1.82) is 0 Å². The van der Waals surface area contributed by atoms with Crippen LogP contribution in [0.4, 0.5) is 13.2 Å². The maximum absolute atomic E-state index is 13.7. The van der Waals surface area contributed by atoms with Crippen molar-refractivity contribution in [2.24, 2.45) is 18.5 Å². The molecule has 1 radical (unpaired) electrons. The highest BCUT2D eigenvalue weighted by Gasteiger charge is 2.38. The summed E-state index contributed by atoms with van der Waals surface area (Å²) in [6.07, 6.45) is 0.815. The van der Waals surface area contributed by atoms with Crippen LogP contribution >= 0.6 is 0 Å². The van der Waals surface area contributed by atoms with E-state index >= 15 is 0 Å². The zero-order chi connectivity index (χ0) is 23.6. The summed E-state index contributed by atoms with van der Waals surface area (Å²) in [7, 11) is 3.35. The molecule has 0 unspecified atom stereocenters. The lowest BCUT2D eigenvalue weighted by atomic mass is 9.73. The van der Waals surface area contributed by atoms with Crippen LogP contribution in [0.2, 0.25) is 6.82 Å². The lowest BCUT2D eigenvalue weighted by Crippen LogP contribution is -2.40. The van der Waals surface area contributed by atoms with Gasteiger partial charge in [0.2, 0.25) is 0 Å². The Morgan fingerprint density at radius 2 is 1.97 bits per heavy atom. The summed E-state index contributed by atoms with van der Waals surface area (Å²) in [6.45, 7) is 4.21. The smallest absolute Gasteiger partial charge is 0.404 e. The van der Waals surface area contributed by atoms with Gasteiger partial charge >= 0.3 is 6.18 Å². The number of aromatic nitrogens is 2. The number of hydrogen-bond acceptors (Lipinski definition) is 4. The molecule has 10 heteroatoms. The fourth-order valence-electron chi connectivity index (χ4n) is 3.96. The van der Waals surface area contributed by atoms with Crippen LogP contribution in [0.1, 0.15) is 34.1 Å². The fraction of sp³-hybridized carbons (Fsp3) is 0.364. The third-order valence-electron chi connectivity index (χ3n) is 5.34. The SMILES string of the molecule is C[B]Cc1cc2c(c(-c3cn(C)nc3C(F)(F)F)c1)CCN(C/C(N)=C/C(C)=C\N)C2=O. The predicted octanol–water partition coefficient (Wildman–Crippen LogP) is 3.06. The number of alkyl halides is 3. The first-order chi connectivity index (χ1) is 15.0. The van der Waals surface area contributed by atoms with Gasteiger partial charge in [0.1, 0.15) is 7.28 Å². The number of halogens is 3. The van der Waals surface area contributed by atoms with E-state index in [-0.39, 0.29) is 18.0 Å². The van der Waals surface area contributed by atoms with Crippen molar-refractivity contribution in [1.82, 2.24) is 14.7 Å². The minimum atomic E-state index is -4.60. The molecule has 32 heavy (non-hydrogen) atoms. The van der Waals surface area contributed by atoms with E-state index in [2.05, 4.69) is 5.10 Å². The van der Waals surface area contributed by atoms with Gasteiger partial charge in [0.25, 0.3) is 5.91 Å². The van der Waals surface area contributed by atoms with E-state index in [1.165, 1.54) is 19.4 Å². The molecule has 0 saturated heterocycles. The van der Waals surface area contributed by atoms with E-state index in [9.17, 15) is 18.0 Å². The molecule has 0 atom stereocenters. The van der Waals surface area contributed by atoms with Gasteiger partial charge in [-0.05, 0) is 48.4 Å². The Labute approximate surface area is 186 Å². The Kier molecular flexibility index (Phi) is 6.71. The van der Waals surface area contributed by atoms with Gasteiger partial charge in [0, 0.05) is 36.6 Å². The zero-order valence-electron chi connectivity index (χ0n) is 18.3. The van der Waals surface area contributed by atoms with Crippen LogP contribution in [0.15, 0.2) is 41.9 Å². The topological polar surface area (TPSA) is 90.2 Å². The number of carbonyl (C=O) groups is 1. The number of allylic oxidation sites excluding steroid dienone is 2. The highest BCUT2D eigenvalue weighted by atomic mass is 19.4. The Hall–Kier alpha value is -3.17. The second-order valence-corrected chi connectivity index (χ2v) is 7.95. The monoisotopic (exact) mass is 444 g/mol. The molecule has 0 aliphatic carbocycles. The number of nitrogens with two attached hydrogens (primary N) is 2. The minimum Gasteiger partial charge on any atom is -0.404 e. The van der Waals surface area contributed by atoms with E-state index < -0.39 is 11.9 Å². The Bertz CT molecular complexity index is 1090. The fourth-order valence-corrected chi connectivity index (χ4v) is 3.96. The van der Waals surface area contributed by atoms with Crippen LogP contribution in [-0.2, 0) is 26.0 Å². The number of hydrogen-bond donors (Lipinski definition) is 2. The standard InChI is InChI=1S/C22H26BF3N5O/c1-13(10-27)6-15(28)11-31-5-4-16-17(7-14(9-23-2)8-18(16)21(31)32)19-12-30(3)29-20(19)22(24,25)26/h6-8,10,12H,4-5,9,11,27-28H2,1-3H3/b13-10-,15-6-. The van der Waals surface area contributed by atoms with Crippen LogP contribution < -0.4 is 11.5 Å². The molecule has 1 aromatic carbocycles. The summed E-state index contributed by atoms with van der Waals surface area (Å²) in [6, 6.07) is 3.50. The minimum absolute atomic E-state index is 0.0152. The lowest BCUT2D eigenvalue weighted by molar-refractivity contribution is -0.140. The van der Waals surface area contributed by atoms with Crippen molar-refractivity contribution in [2.45, 2.75) is 32.7 Å². The van der Waals surface area contributed by atoms with Gasteiger partial charge < -0.3 is 16.4 Å². The number of nitrogens with zero attached hydrogens (tertiary/aromatic N) is 3. The Morgan fingerprint density at radius 3 is 2.59 bits per heavy atom. The van der Waals surface area contributed by atoms with Crippen molar-refractivity contribution in [3.63, 3.8) is 0 Å². The Balaban J connectivity index is 2.09. The van der Waals surface area contributed by atoms with E-state index in [1.54, 1.807) is 30.0 Å². The van der Waals surface area contributed by atoms with Gasteiger partial charge in [-0.25, -0.2) is 0 Å². The third-order valence-corrected chi connectivity index (χ3v) is 5.34. The molecule has 1 aliphatic rings. The molecule has 4 N–H and O–H groups in total. The predicted molar refractivity (Wildman–Crippen MR) is 119 cm³/mol. The average molecular weight is 444 g/mol.